The molecule has 0 aliphatic heterocycles. The van der Waals surface area contributed by atoms with Crippen molar-refractivity contribution in [2.24, 2.45) is 0 Å². The van der Waals surface area contributed by atoms with Gasteiger partial charge in [-0.25, -0.2) is 19.6 Å². The first-order chi connectivity index (χ1) is 8.40. The molecule has 2 rings (SSSR count). The topological polar surface area (TPSA) is 100 Å². The summed E-state index contributed by atoms with van der Waals surface area (Å²) in [5, 5.41) is 17.9. The summed E-state index contributed by atoms with van der Waals surface area (Å²) in [7, 11) is 0. The maximum Gasteiger partial charge on any atom is 0.357 e. The zero-order valence-corrected chi connectivity index (χ0v) is 9.76. The van der Waals surface area contributed by atoms with E-state index in [-0.39, 0.29) is 0 Å². The zero-order valence-electron chi connectivity index (χ0n) is 9.76. The normalized spacial score (nSPS) is 10.6. The molecule has 6 nitrogen and oxygen atoms in total. The molecule has 0 aliphatic rings. The lowest BCUT2D eigenvalue weighted by Crippen LogP contribution is -2.13. The molecule has 0 unspecified atom stereocenters. The molecular formula is C12H10N2O4. The van der Waals surface area contributed by atoms with Crippen molar-refractivity contribution in [1.82, 2.24) is 9.97 Å². The van der Waals surface area contributed by atoms with E-state index in [9.17, 15) is 9.59 Å². The summed E-state index contributed by atoms with van der Waals surface area (Å²) < 4.78 is 0. The monoisotopic (exact) mass is 246 g/mol. The highest BCUT2D eigenvalue weighted by Gasteiger charge is 2.20. The predicted octanol–water partition coefficient (Wildman–Crippen LogP) is 1.64. The molecule has 0 saturated carbocycles. The van der Waals surface area contributed by atoms with Gasteiger partial charge in [0.15, 0.2) is 11.4 Å². The van der Waals surface area contributed by atoms with Gasteiger partial charge >= 0.3 is 11.9 Å². The Balaban J connectivity index is 2.84. The average Bonchev–Trinajstić information content (AvgIpc) is 2.28. The lowest BCUT2D eigenvalue weighted by atomic mass is 10.1. The van der Waals surface area contributed by atoms with E-state index in [0.29, 0.717) is 11.0 Å². The fraction of sp³-hybridized carbons (Fsp3) is 0.167. The van der Waals surface area contributed by atoms with Crippen LogP contribution in [0.3, 0.4) is 0 Å². The van der Waals surface area contributed by atoms with Crippen molar-refractivity contribution >= 4 is 23.0 Å². The number of carboxylic acids is 2. The Morgan fingerprint density at radius 2 is 1.22 bits per heavy atom. The predicted molar refractivity (Wildman–Crippen MR) is 62.9 cm³/mol. The van der Waals surface area contributed by atoms with Crippen molar-refractivity contribution in [2.45, 2.75) is 13.8 Å². The Labute approximate surface area is 102 Å². The number of carbonyl (C=O) groups is 2. The fourth-order valence-electron chi connectivity index (χ4n) is 1.61. The number of hydrogen-bond donors (Lipinski definition) is 2. The van der Waals surface area contributed by atoms with Crippen LogP contribution in [0.25, 0.3) is 11.0 Å². The Kier molecular flexibility index (Phi) is 2.70. The van der Waals surface area contributed by atoms with E-state index >= 15 is 0 Å². The second kappa shape index (κ2) is 4.06. The molecular weight excluding hydrogens is 236 g/mol. The third kappa shape index (κ3) is 1.88. The lowest BCUT2D eigenvalue weighted by Gasteiger charge is -2.06. The number of aromatic carboxylic acids is 2. The molecule has 0 amide bonds. The van der Waals surface area contributed by atoms with Crippen LogP contribution < -0.4 is 0 Å². The summed E-state index contributed by atoms with van der Waals surface area (Å²) in [5.41, 5.74) is 1.55. The molecule has 92 valence electrons. The Hall–Kier alpha value is -2.50. The van der Waals surface area contributed by atoms with E-state index in [1.54, 1.807) is 12.1 Å². The molecule has 0 radical (unpaired) electrons. The molecule has 0 saturated heterocycles. The van der Waals surface area contributed by atoms with Crippen molar-refractivity contribution in [3.63, 3.8) is 0 Å². The van der Waals surface area contributed by atoms with Crippen molar-refractivity contribution in [1.29, 1.82) is 0 Å². The van der Waals surface area contributed by atoms with Crippen molar-refractivity contribution in [3.8, 4) is 0 Å². The van der Waals surface area contributed by atoms with E-state index in [0.717, 1.165) is 11.1 Å². The van der Waals surface area contributed by atoms with E-state index in [2.05, 4.69) is 9.97 Å². The van der Waals surface area contributed by atoms with Gasteiger partial charge < -0.3 is 10.2 Å². The van der Waals surface area contributed by atoms with Gasteiger partial charge in [0.1, 0.15) is 0 Å². The lowest BCUT2D eigenvalue weighted by molar-refractivity contribution is 0.0642. The van der Waals surface area contributed by atoms with Crippen LogP contribution in [0.1, 0.15) is 32.1 Å². The molecule has 2 N–H and O–H groups in total. The second-order valence-corrected chi connectivity index (χ2v) is 3.96. The minimum absolute atomic E-state index is 0.375. The number of aryl methyl sites for hydroxylation is 2. The summed E-state index contributed by atoms with van der Waals surface area (Å²) in [4.78, 5) is 29.6. The maximum atomic E-state index is 11.0. The van der Waals surface area contributed by atoms with Crippen LogP contribution in [0.15, 0.2) is 12.1 Å². The average molecular weight is 246 g/mol. The van der Waals surface area contributed by atoms with Crippen molar-refractivity contribution in [3.05, 3.63) is 34.6 Å². The molecule has 2 aromatic rings. The van der Waals surface area contributed by atoms with E-state index in [1.807, 2.05) is 13.8 Å². The van der Waals surface area contributed by atoms with Crippen LogP contribution in [0.2, 0.25) is 0 Å². The summed E-state index contributed by atoms with van der Waals surface area (Å²) in [6.45, 7) is 3.73. The summed E-state index contributed by atoms with van der Waals surface area (Å²) >= 11 is 0. The Morgan fingerprint density at radius 3 is 1.50 bits per heavy atom. The van der Waals surface area contributed by atoms with Crippen LogP contribution in [0.5, 0.6) is 0 Å². The number of hydrogen-bond acceptors (Lipinski definition) is 4. The highest BCUT2D eigenvalue weighted by molar-refractivity contribution is 6.00. The molecule has 1 heterocycles. The largest absolute Gasteiger partial charge is 0.476 e. The van der Waals surface area contributed by atoms with E-state index in [1.165, 1.54) is 0 Å². The molecule has 0 atom stereocenters. The molecule has 1 aromatic heterocycles. The maximum absolute atomic E-state index is 11.0. The van der Waals surface area contributed by atoms with Crippen LogP contribution in [0.4, 0.5) is 0 Å². The van der Waals surface area contributed by atoms with Gasteiger partial charge in [-0.1, -0.05) is 0 Å². The molecule has 1 aromatic carbocycles. The van der Waals surface area contributed by atoms with Crippen molar-refractivity contribution in [2.75, 3.05) is 0 Å². The number of rotatable bonds is 2. The quantitative estimate of drug-likeness (QED) is 0.835. The van der Waals surface area contributed by atoms with Gasteiger partial charge in [0.2, 0.25) is 0 Å². The third-order valence-electron chi connectivity index (χ3n) is 2.68. The molecule has 18 heavy (non-hydrogen) atoms. The number of nitrogens with zero attached hydrogens (tertiary/aromatic N) is 2. The van der Waals surface area contributed by atoms with Crippen LogP contribution in [0, 0.1) is 13.8 Å². The van der Waals surface area contributed by atoms with Gasteiger partial charge in [-0.05, 0) is 37.1 Å². The van der Waals surface area contributed by atoms with Gasteiger partial charge in [0, 0.05) is 0 Å². The SMILES string of the molecule is Cc1cc2nc(C(=O)O)c(C(=O)O)nc2cc1C. The summed E-state index contributed by atoms with van der Waals surface area (Å²) in [5.74, 6) is -2.81. The molecule has 6 heteroatoms. The number of fused-ring (bicyclic) bond motifs is 1. The van der Waals surface area contributed by atoms with Gasteiger partial charge in [-0.15, -0.1) is 0 Å². The Morgan fingerprint density at radius 1 is 0.889 bits per heavy atom. The number of carboxylic acid groups (broad SMARTS) is 2. The first-order valence-electron chi connectivity index (χ1n) is 5.15. The molecule has 0 bridgehead atoms. The molecule has 0 spiro atoms. The summed E-state index contributed by atoms with van der Waals surface area (Å²) in [6.07, 6.45) is 0. The third-order valence-corrected chi connectivity index (χ3v) is 2.68. The van der Waals surface area contributed by atoms with Gasteiger partial charge in [0.25, 0.3) is 0 Å². The van der Waals surface area contributed by atoms with Gasteiger partial charge in [-0.2, -0.15) is 0 Å². The number of aromatic nitrogens is 2. The minimum Gasteiger partial charge on any atom is -0.476 e. The van der Waals surface area contributed by atoms with E-state index < -0.39 is 23.3 Å². The van der Waals surface area contributed by atoms with Crippen LogP contribution in [-0.2, 0) is 0 Å². The zero-order chi connectivity index (χ0) is 13.4. The molecule has 0 aliphatic carbocycles. The Bertz CT molecular complexity index is 621. The van der Waals surface area contributed by atoms with E-state index in [4.69, 9.17) is 10.2 Å². The fourth-order valence-corrected chi connectivity index (χ4v) is 1.61. The standard InChI is InChI=1S/C12H10N2O4/c1-5-3-7-8(4-6(5)2)14-10(12(17)18)9(13-7)11(15)16/h3-4H,1-2H3,(H,15,16)(H,17,18). The minimum atomic E-state index is -1.40. The smallest absolute Gasteiger partial charge is 0.357 e. The first kappa shape index (κ1) is 12.0. The summed E-state index contributed by atoms with van der Waals surface area (Å²) in [6, 6.07) is 3.38. The van der Waals surface area contributed by atoms with Gasteiger partial charge in [0.05, 0.1) is 11.0 Å². The molecule has 0 fully saturated rings. The second-order valence-electron chi connectivity index (χ2n) is 3.96. The first-order valence-corrected chi connectivity index (χ1v) is 5.15. The van der Waals surface area contributed by atoms with Crippen molar-refractivity contribution < 1.29 is 19.8 Å². The van der Waals surface area contributed by atoms with Crippen LogP contribution >= 0.6 is 0 Å². The highest BCUT2D eigenvalue weighted by atomic mass is 16.4. The van der Waals surface area contributed by atoms with Gasteiger partial charge in [-0.3, -0.25) is 0 Å². The number of benzene rings is 1. The highest BCUT2D eigenvalue weighted by Crippen LogP contribution is 2.18. The van der Waals surface area contributed by atoms with Crippen LogP contribution in [-0.4, -0.2) is 32.1 Å².